The zero-order valence-electron chi connectivity index (χ0n) is 17.9. The van der Waals surface area contributed by atoms with E-state index in [0.29, 0.717) is 17.1 Å². The van der Waals surface area contributed by atoms with Crippen molar-refractivity contribution < 1.29 is 23.4 Å². The minimum absolute atomic E-state index is 0.0184. The lowest BCUT2D eigenvalue weighted by Gasteiger charge is -2.58. The number of ether oxygens (including phenoxy) is 3. The van der Waals surface area contributed by atoms with E-state index in [2.05, 4.69) is 13.8 Å². The average molecular weight is 410 g/mol. The first-order valence-corrected chi connectivity index (χ1v) is 10.7. The molecule has 0 spiro atoms. The van der Waals surface area contributed by atoms with Gasteiger partial charge in [-0.2, -0.15) is 0 Å². The van der Waals surface area contributed by atoms with Crippen LogP contribution in [0.5, 0.6) is 11.5 Å². The third kappa shape index (κ3) is 2.23. The van der Waals surface area contributed by atoms with Crippen molar-refractivity contribution in [3.63, 3.8) is 0 Å². The van der Waals surface area contributed by atoms with E-state index in [1.54, 1.807) is 12.1 Å². The van der Waals surface area contributed by atoms with Crippen molar-refractivity contribution in [2.45, 2.75) is 76.3 Å². The number of epoxide rings is 1. The minimum atomic E-state index is -0.637. The van der Waals surface area contributed by atoms with Crippen LogP contribution in [0.1, 0.15) is 58.9 Å². The summed E-state index contributed by atoms with van der Waals surface area (Å²) in [4.78, 5) is 25.5. The molecule has 158 valence electrons. The van der Waals surface area contributed by atoms with Gasteiger partial charge in [-0.1, -0.05) is 0 Å². The Labute approximate surface area is 174 Å². The van der Waals surface area contributed by atoms with Gasteiger partial charge in [-0.25, -0.2) is 4.79 Å². The number of fused-ring (bicyclic) bond motifs is 3. The molecular weight excluding hydrogens is 384 g/mol. The summed E-state index contributed by atoms with van der Waals surface area (Å²) in [6, 6.07) is 4.95. The zero-order valence-corrected chi connectivity index (χ0v) is 17.9. The number of hydrogen-bond donors (Lipinski definition) is 0. The predicted octanol–water partition coefficient (Wildman–Crippen LogP) is 3.97. The van der Waals surface area contributed by atoms with Gasteiger partial charge in [0.05, 0.1) is 16.9 Å². The first-order valence-electron chi connectivity index (χ1n) is 10.7. The molecule has 0 radical (unpaired) electrons. The molecule has 4 aliphatic rings. The molecular formula is C24H26O6. The van der Waals surface area contributed by atoms with Crippen LogP contribution < -0.4 is 15.1 Å². The quantitative estimate of drug-likeness (QED) is 0.551. The molecule has 6 heteroatoms. The lowest BCUT2D eigenvalue weighted by atomic mass is 9.54. The number of benzene rings is 1. The van der Waals surface area contributed by atoms with Crippen LogP contribution in [0, 0.1) is 11.8 Å². The monoisotopic (exact) mass is 410 g/mol. The Morgan fingerprint density at radius 1 is 1.07 bits per heavy atom. The van der Waals surface area contributed by atoms with Gasteiger partial charge in [-0.15, -0.1) is 0 Å². The van der Waals surface area contributed by atoms with Gasteiger partial charge >= 0.3 is 5.63 Å². The van der Waals surface area contributed by atoms with Gasteiger partial charge in [0.1, 0.15) is 34.4 Å². The van der Waals surface area contributed by atoms with Crippen LogP contribution in [0.15, 0.2) is 27.4 Å². The fourth-order valence-corrected chi connectivity index (χ4v) is 6.24. The molecule has 6 nitrogen and oxygen atoms in total. The van der Waals surface area contributed by atoms with E-state index in [1.165, 1.54) is 6.07 Å². The number of Topliss-reactive ketones (excluding diaryl/α,β-unsaturated/α-hetero) is 1. The van der Waals surface area contributed by atoms with E-state index in [0.717, 1.165) is 23.8 Å². The summed E-state index contributed by atoms with van der Waals surface area (Å²) in [5.74, 6) is 1.34. The fraction of sp³-hybridized carbons (Fsp3) is 0.583. The third-order valence-corrected chi connectivity index (χ3v) is 7.78. The maximum Gasteiger partial charge on any atom is 0.336 e. The number of carbonyl (C=O) groups is 1. The molecule has 0 unspecified atom stereocenters. The highest BCUT2D eigenvalue weighted by Gasteiger charge is 2.66. The molecule has 6 rings (SSSR count). The molecule has 1 aliphatic carbocycles. The van der Waals surface area contributed by atoms with E-state index in [-0.39, 0.29) is 23.5 Å². The summed E-state index contributed by atoms with van der Waals surface area (Å²) in [5, 5.41) is 0.752. The topological polar surface area (TPSA) is 78.3 Å². The number of rotatable bonds is 2. The molecule has 0 amide bonds. The Bertz CT molecular complexity index is 1170. The maximum absolute atomic E-state index is 13.7. The highest BCUT2D eigenvalue weighted by molar-refractivity contribution is 5.94. The lowest BCUT2D eigenvalue weighted by Crippen LogP contribution is -2.61. The molecule has 4 heterocycles. The Morgan fingerprint density at radius 3 is 2.50 bits per heavy atom. The smallest absolute Gasteiger partial charge is 0.336 e. The Morgan fingerprint density at radius 2 is 1.80 bits per heavy atom. The van der Waals surface area contributed by atoms with E-state index in [4.69, 9.17) is 18.6 Å². The van der Waals surface area contributed by atoms with Gasteiger partial charge in [0.25, 0.3) is 0 Å². The van der Waals surface area contributed by atoms with E-state index in [9.17, 15) is 9.59 Å². The summed E-state index contributed by atoms with van der Waals surface area (Å²) in [6.07, 6.45) is 1.29. The molecule has 1 aromatic carbocycles. The van der Waals surface area contributed by atoms with Gasteiger partial charge in [-0.3, -0.25) is 4.79 Å². The van der Waals surface area contributed by atoms with Crippen LogP contribution in [-0.2, 0) is 9.53 Å². The Kier molecular flexibility index (Phi) is 3.24. The van der Waals surface area contributed by atoms with Crippen molar-refractivity contribution in [3.05, 3.63) is 34.2 Å². The van der Waals surface area contributed by atoms with Crippen molar-refractivity contribution in [3.8, 4) is 11.5 Å². The summed E-state index contributed by atoms with van der Waals surface area (Å²) < 4.78 is 24.3. The van der Waals surface area contributed by atoms with Gasteiger partial charge < -0.3 is 18.6 Å². The second kappa shape index (κ2) is 5.28. The minimum Gasteiger partial charge on any atom is -0.487 e. The standard InChI is InChI=1S/C24H26O6/c1-22(2)12-8-9-24(5)18(19(26)21-23(3,4)30-21)16(12)17-14(28-22)10-13-11(20(17)29-24)6-7-15(25)27-13/h6-7,10,12,16,18,21H,8-9H2,1-5H3/t12-,16-,18+,21-,24-/m1/s1. The van der Waals surface area contributed by atoms with Gasteiger partial charge in [0, 0.05) is 29.5 Å². The summed E-state index contributed by atoms with van der Waals surface area (Å²) >= 11 is 0. The first kappa shape index (κ1) is 18.4. The van der Waals surface area contributed by atoms with E-state index in [1.807, 2.05) is 20.8 Å². The van der Waals surface area contributed by atoms with Crippen molar-refractivity contribution >= 4 is 16.8 Å². The molecule has 0 N–H and O–H groups in total. The summed E-state index contributed by atoms with van der Waals surface area (Å²) in [5.41, 5.74) is -0.523. The third-order valence-electron chi connectivity index (χ3n) is 7.78. The van der Waals surface area contributed by atoms with Crippen LogP contribution in [-0.4, -0.2) is 28.7 Å². The van der Waals surface area contributed by atoms with Crippen LogP contribution in [0.2, 0.25) is 0 Å². The highest BCUT2D eigenvalue weighted by atomic mass is 16.6. The number of ketones is 1. The fourth-order valence-electron chi connectivity index (χ4n) is 6.24. The second-order valence-electron chi connectivity index (χ2n) is 10.6. The maximum atomic E-state index is 13.7. The summed E-state index contributed by atoms with van der Waals surface area (Å²) in [7, 11) is 0. The molecule has 2 aromatic rings. The van der Waals surface area contributed by atoms with Crippen LogP contribution in [0.25, 0.3) is 11.0 Å². The number of hydrogen-bond acceptors (Lipinski definition) is 6. The Hall–Kier alpha value is -2.34. The number of carbonyl (C=O) groups excluding carboxylic acids is 1. The Balaban J connectivity index is 1.63. The van der Waals surface area contributed by atoms with Crippen molar-refractivity contribution in [2.24, 2.45) is 11.8 Å². The molecule has 1 saturated heterocycles. The van der Waals surface area contributed by atoms with Crippen LogP contribution >= 0.6 is 0 Å². The highest BCUT2D eigenvalue weighted by Crippen LogP contribution is 2.64. The molecule has 5 atom stereocenters. The summed E-state index contributed by atoms with van der Waals surface area (Å²) in [6.45, 7) is 10.1. The van der Waals surface area contributed by atoms with Crippen LogP contribution in [0.3, 0.4) is 0 Å². The zero-order chi connectivity index (χ0) is 21.2. The van der Waals surface area contributed by atoms with Gasteiger partial charge in [0.15, 0.2) is 5.78 Å². The lowest BCUT2D eigenvalue weighted by molar-refractivity contribution is -0.149. The van der Waals surface area contributed by atoms with Gasteiger partial charge in [0.2, 0.25) is 0 Å². The van der Waals surface area contributed by atoms with Crippen molar-refractivity contribution in [1.82, 2.24) is 0 Å². The largest absolute Gasteiger partial charge is 0.487 e. The molecule has 1 aromatic heterocycles. The molecule has 30 heavy (non-hydrogen) atoms. The van der Waals surface area contributed by atoms with Crippen LogP contribution in [0.4, 0.5) is 0 Å². The molecule has 3 aliphatic heterocycles. The van der Waals surface area contributed by atoms with Crippen molar-refractivity contribution in [2.75, 3.05) is 0 Å². The SMILES string of the molecule is CC1(C)O[C@@H]1C(=O)[C@@H]1[C@H]2c3c4cc5oc(=O)ccc5c3O[C@]1(C)CC[C@H]2C(C)(C)O4. The predicted molar refractivity (Wildman–Crippen MR) is 109 cm³/mol. The normalized spacial score (nSPS) is 36.6. The van der Waals surface area contributed by atoms with E-state index >= 15 is 0 Å². The van der Waals surface area contributed by atoms with E-state index < -0.39 is 28.5 Å². The molecule has 2 bridgehead atoms. The average Bonchev–Trinajstić information content (AvgIpc) is 3.27. The van der Waals surface area contributed by atoms with Gasteiger partial charge in [-0.05, 0) is 53.5 Å². The molecule has 1 saturated carbocycles. The van der Waals surface area contributed by atoms with Crippen molar-refractivity contribution in [1.29, 1.82) is 0 Å². The molecule has 2 fully saturated rings. The second-order valence-corrected chi connectivity index (χ2v) is 10.6. The first-order chi connectivity index (χ1) is 14.0.